The molecule has 2 aromatic carbocycles. The second kappa shape index (κ2) is 6.99. The molecule has 0 saturated carbocycles. The molecule has 0 aliphatic heterocycles. The van der Waals surface area contributed by atoms with Gasteiger partial charge >= 0.3 is 0 Å². The Balaban J connectivity index is 1.86. The Labute approximate surface area is 126 Å². The number of nitriles is 1. The Morgan fingerprint density at radius 2 is 1.64 bits per heavy atom. The highest BCUT2D eigenvalue weighted by atomic mass is 19.1. The van der Waals surface area contributed by atoms with Gasteiger partial charge in [-0.05, 0) is 42.0 Å². The fourth-order valence-electron chi connectivity index (χ4n) is 1.73. The second-order valence-corrected chi connectivity index (χ2v) is 4.49. The number of nitrogens with zero attached hydrogens (tertiary/aromatic N) is 1. The van der Waals surface area contributed by atoms with Crippen LogP contribution in [0.25, 0.3) is 0 Å². The predicted octanol–water partition coefficient (Wildman–Crippen LogP) is 1.70. The van der Waals surface area contributed by atoms with E-state index in [2.05, 4.69) is 10.9 Å². The fraction of sp³-hybridized carbons (Fsp3) is 0.0625. The van der Waals surface area contributed by atoms with Gasteiger partial charge in [-0.15, -0.1) is 0 Å². The summed E-state index contributed by atoms with van der Waals surface area (Å²) >= 11 is 0. The minimum absolute atomic E-state index is 0.0218. The number of carbonyl (C=O) groups is 2. The summed E-state index contributed by atoms with van der Waals surface area (Å²) in [6, 6.07) is 13.5. The molecule has 0 atom stereocenters. The molecule has 2 aromatic rings. The Morgan fingerprint density at radius 3 is 2.23 bits per heavy atom. The van der Waals surface area contributed by atoms with E-state index in [0.29, 0.717) is 16.7 Å². The normalized spacial score (nSPS) is 9.64. The predicted molar refractivity (Wildman–Crippen MR) is 76.9 cm³/mol. The van der Waals surface area contributed by atoms with Gasteiger partial charge in [0.25, 0.3) is 5.91 Å². The molecule has 0 bridgehead atoms. The van der Waals surface area contributed by atoms with Crippen molar-refractivity contribution in [1.29, 1.82) is 5.26 Å². The minimum atomic E-state index is -0.489. The summed E-state index contributed by atoms with van der Waals surface area (Å²) in [5, 5.41) is 8.67. The monoisotopic (exact) mass is 297 g/mol. The highest BCUT2D eigenvalue weighted by Crippen LogP contribution is 2.04. The zero-order valence-electron chi connectivity index (χ0n) is 11.5. The molecule has 0 spiro atoms. The summed E-state index contributed by atoms with van der Waals surface area (Å²) < 4.78 is 12.7. The highest BCUT2D eigenvalue weighted by Gasteiger charge is 2.08. The summed E-state index contributed by atoms with van der Waals surface area (Å²) in [5.74, 6) is -1.29. The van der Waals surface area contributed by atoms with E-state index in [-0.39, 0.29) is 12.2 Å². The van der Waals surface area contributed by atoms with Gasteiger partial charge in [0.1, 0.15) is 5.82 Å². The molecule has 6 heteroatoms. The van der Waals surface area contributed by atoms with Crippen LogP contribution in [-0.2, 0) is 11.2 Å². The topological polar surface area (TPSA) is 82.0 Å². The number of amides is 2. The summed E-state index contributed by atoms with van der Waals surface area (Å²) in [6.07, 6.45) is 0.0218. The van der Waals surface area contributed by atoms with Crippen molar-refractivity contribution in [3.63, 3.8) is 0 Å². The van der Waals surface area contributed by atoms with E-state index in [0.717, 1.165) is 0 Å². The number of hydrazine groups is 1. The van der Waals surface area contributed by atoms with E-state index < -0.39 is 11.8 Å². The van der Waals surface area contributed by atoms with E-state index in [4.69, 9.17) is 5.26 Å². The first-order valence-electron chi connectivity index (χ1n) is 6.42. The van der Waals surface area contributed by atoms with Crippen LogP contribution in [0.15, 0.2) is 48.5 Å². The van der Waals surface area contributed by atoms with Gasteiger partial charge in [-0.25, -0.2) is 4.39 Å². The van der Waals surface area contributed by atoms with E-state index in [1.54, 1.807) is 0 Å². The van der Waals surface area contributed by atoms with Crippen LogP contribution in [0.1, 0.15) is 21.5 Å². The van der Waals surface area contributed by atoms with Crippen molar-refractivity contribution in [2.24, 2.45) is 0 Å². The van der Waals surface area contributed by atoms with E-state index in [1.165, 1.54) is 48.5 Å². The molecule has 5 nitrogen and oxygen atoms in total. The first kappa shape index (κ1) is 15.2. The quantitative estimate of drug-likeness (QED) is 0.846. The molecule has 0 aromatic heterocycles. The lowest BCUT2D eigenvalue weighted by Crippen LogP contribution is -2.42. The number of nitrogens with one attached hydrogen (secondary N) is 2. The standard InChI is InChI=1S/C16H12FN3O2/c17-14-7-3-11(4-8-14)9-15(21)19-20-16(22)13-5-1-12(10-18)2-6-13/h1-8H,9H2,(H,19,21)(H,20,22). The van der Waals surface area contributed by atoms with Crippen LogP contribution < -0.4 is 10.9 Å². The summed E-state index contributed by atoms with van der Waals surface area (Å²) in [5.41, 5.74) is 5.94. The van der Waals surface area contributed by atoms with Gasteiger partial charge in [-0.3, -0.25) is 20.4 Å². The van der Waals surface area contributed by atoms with Gasteiger partial charge in [-0.1, -0.05) is 12.1 Å². The number of benzene rings is 2. The van der Waals surface area contributed by atoms with Crippen molar-refractivity contribution in [3.05, 3.63) is 71.0 Å². The number of hydrogen-bond donors (Lipinski definition) is 2. The molecule has 22 heavy (non-hydrogen) atoms. The van der Waals surface area contributed by atoms with E-state index >= 15 is 0 Å². The van der Waals surface area contributed by atoms with Gasteiger partial charge in [0.2, 0.25) is 5.91 Å². The number of halogens is 1. The van der Waals surface area contributed by atoms with Gasteiger partial charge in [0, 0.05) is 5.56 Å². The molecule has 0 aliphatic rings. The average molecular weight is 297 g/mol. The minimum Gasteiger partial charge on any atom is -0.273 e. The van der Waals surface area contributed by atoms with Crippen molar-refractivity contribution < 1.29 is 14.0 Å². The smallest absolute Gasteiger partial charge is 0.269 e. The van der Waals surface area contributed by atoms with Gasteiger partial charge < -0.3 is 0 Å². The average Bonchev–Trinajstić information content (AvgIpc) is 2.55. The van der Waals surface area contributed by atoms with Crippen molar-refractivity contribution in [3.8, 4) is 6.07 Å². The zero-order chi connectivity index (χ0) is 15.9. The number of carbonyl (C=O) groups excluding carboxylic acids is 2. The summed E-state index contributed by atoms with van der Waals surface area (Å²) in [6.45, 7) is 0. The maximum absolute atomic E-state index is 12.7. The van der Waals surface area contributed by atoms with Crippen LogP contribution in [0, 0.1) is 17.1 Å². The van der Waals surface area contributed by atoms with Gasteiger partial charge in [0.05, 0.1) is 18.1 Å². The lowest BCUT2D eigenvalue weighted by atomic mass is 10.1. The van der Waals surface area contributed by atoms with Crippen LogP contribution in [0.2, 0.25) is 0 Å². The lowest BCUT2D eigenvalue weighted by molar-refractivity contribution is -0.121. The third-order valence-corrected chi connectivity index (χ3v) is 2.87. The van der Waals surface area contributed by atoms with E-state index in [1.807, 2.05) is 6.07 Å². The van der Waals surface area contributed by atoms with Crippen LogP contribution in [0.5, 0.6) is 0 Å². The molecule has 0 radical (unpaired) electrons. The molecule has 0 aliphatic carbocycles. The summed E-state index contributed by atoms with van der Waals surface area (Å²) in [7, 11) is 0. The highest BCUT2D eigenvalue weighted by molar-refractivity contribution is 5.95. The molecule has 2 N–H and O–H groups in total. The van der Waals surface area contributed by atoms with Crippen LogP contribution >= 0.6 is 0 Å². The first-order valence-corrected chi connectivity index (χ1v) is 6.42. The van der Waals surface area contributed by atoms with E-state index in [9.17, 15) is 14.0 Å². The molecular weight excluding hydrogens is 285 g/mol. The Kier molecular flexibility index (Phi) is 4.83. The maximum Gasteiger partial charge on any atom is 0.269 e. The summed E-state index contributed by atoms with van der Waals surface area (Å²) in [4.78, 5) is 23.5. The Morgan fingerprint density at radius 1 is 1.00 bits per heavy atom. The second-order valence-electron chi connectivity index (χ2n) is 4.49. The van der Waals surface area contributed by atoms with Crippen molar-refractivity contribution in [2.45, 2.75) is 6.42 Å². The molecule has 0 saturated heterocycles. The van der Waals surface area contributed by atoms with Gasteiger partial charge in [-0.2, -0.15) is 5.26 Å². The fourth-order valence-corrected chi connectivity index (χ4v) is 1.73. The largest absolute Gasteiger partial charge is 0.273 e. The molecule has 0 heterocycles. The van der Waals surface area contributed by atoms with Crippen molar-refractivity contribution in [2.75, 3.05) is 0 Å². The number of rotatable bonds is 3. The van der Waals surface area contributed by atoms with Crippen LogP contribution in [-0.4, -0.2) is 11.8 Å². The molecule has 2 amide bonds. The number of hydrogen-bond acceptors (Lipinski definition) is 3. The third-order valence-electron chi connectivity index (χ3n) is 2.87. The maximum atomic E-state index is 12.7. The third kappa shape index (κ3) is 4.15. The van der Waals surface area contributed by atoms with Gasteiger partial charge in [0.15, 0.2) is 0 Å². The zero-order valence-corrected chi connectivity index (χ0v) is 11.5. The molecule has 0 fully saturated rings. The van der Waals surface area contributed by atoms with Crippen LogP contribution in [0.4, 0.5) is 4.39 Å². The molecule has 2 rings (SSSR count). The van der Waals surface area contributed by atoms with Crippen molar-refractivity contribution >= 4 is 11.8 Å². The van der Waals surface area contributed by atoms with Crippen molar-refractivity contribution in [1.82, 2.24) is 10.9 Å². The first-order chi connectivity index (χ1) is 10.6. The molecule has 110 valence electrons. The Bertz CT molecular complexity index is 719. The Hall–Kier alpha value is -3.20. The SMILES string of the molecule is N#Cc1ccc(C(=O)NNC(=O)Cc2ccc(F)cc2)cc1. The lowest BCUT2D eigenvalue weighted by Gasteiger charge is -2.07. The molecule has 0 unspecified atom stereocenters. The molecular formula is C16H12FN3O2. The van der Waals surface area contributed by atoms with Crippen LogP contribution in [0.3, 0.4) is 0 Å².